The highest BCUT2D eigenvalue weighted by atomic mass is 32.2. The Balaban J connectivity index is 2.10. The van der Waals surface area contributed by atoms with Gasteiger partial charge in [-0.25, -0.2) is 8.42 Å². The van der Waals surface area contributed by atoms with Gasteiger partial charge < -0.3 is 14.4 Å². The van der Waals surface area contributed by atoms with Crippen LogP contribution in [0.4, 0.5) is 13.2 Å². The standard InChI is InChI=1S/C19H25F3N2O5S/c1-4-9-23(13-19(20,21)22)18(25)14-7-10-24(11-8-14)30(26,27)15-5-6-16(28-2)17(12-15)29-3/h4-6,12,14H,1,7-11,13H2,2-3H3. The maximum Gasteiger partial charge on any atom is 0.406 e. The molecule has 1 aliphatic heterocycles. The summed E-state index contributed by atoms with van der Waals surface area (Å²) in [6, 6.07) is 4.22. The fourth-order valence-electron chi connectivity index (χ4n) is 3.33. The number of carbonyl (C=O) groups is 1. The zero-order chi connectivity index (χ0) is 22.5. The van der Waals surface area contributed by atoms with E-state index in [1.165, 1.54) is 42.8 Å². The van der Waals surface area contributed by atoms with Crippen molar-refractivity contribution in [1.29, 1.82) is 0 Å². The fourth-order valence-corrected chi connectivity index (χ4v) is 4.82. The summed E-state index contributed by atoms with van der Waals surface area (Å²) in [5.74, 6) is -0.678. The van der Waals surface area contributed by atoms with Gasteiger partial charge in [-0.3, -0.25) is 4.79 Å². The summed E-state index contributed by atoms with van der Waals surface area (Å²) in [6.45, 7) is 1.87. The molecule has 1 aromatic rings. The first-order valence-corrected chi connectivity index (χ1v) is 10.7. The molecule has 1 aliphatic rings. The first-order valence-electron chi connectivity index (χ1n) is 9.22. The number of piperidine rings is 1. The second-order valence-electron chi connectivity index (χ2n) is 6.82. The Morgan fingerprint density at radius 1 is 1.23 bits per heavy atom. The van der Waals surface area contributed by atoms with E-state index in [0.717, 1.165) is 0 Å². The lowest BCUT2D eigenvalue weighted by Gasteiger charge is -2.33. The molecule has 1 saturated heterocycles. The highest BCUT2D eigenvalue weighted by Gasteiger charge is 2.37. The average Bonchev–Trinajstić information content (AvgIpc) is 2.71. The van der Waals surface area contributed by atoms with Gasteiger partial charge in [-0.15, -0.1) is 6.58 Å². The molecule has 0 bridgehead atoms. The van der Waals surface area contributed by atoms with Crippen molar-refractivity contribution in [2.45, 2.75) is 23.9 Å². The first kappa shape index (κ1) is 24.0. The van der Waals surface area contributed by atoms with Crippen molar-refractivity contribution in [3.8, 4) is 11.5 Å². The van der Waals surface area contributed by atoms with Crippen molar-refractivity contribution in [3.05, 3.63) is 30.9 Å². The summed E-state index contributed by atoms with van der Waals surface area (Å²) in [6.07, 6.45) is -3.01. The second kappa shape index (κ2) is 9.69. The van der Waals surface area contributed by atoms with E-state index in [-0.39, 0.29) is 43.1 Å². The minimum atomic E-state index is -4.52. The predicted molar refractivity (Wildman–Crippen MR) is 104 cm³/mol. The van der Waals surface area contributed by atoms with E-state index < -0.39 is 34.6 Å². The van der Waals surface area contributed by atoms with Crippen LogP contribution < -0.4 is 9.47 Å². The van der Waals surface area contributed by atoms with E-state index in [4.69, 9.17) is 9.47 Å². The number of hydrogen-bond acceptors (Lipinski definition) is 5. The van der Waals surface area contributed by atoms with Crippen molar-refractivity contribution >= 4 is 15.9 Å². The summed E-state index contributed by atoms with van der Waals surface area (Å²) in [5.41, 5.74) is 0. The monoisotopic (exact) mass is 450 g/mol. The van der Waals surface area contributed by atoms with Crippen LogP contribution in [0.25, 0.3) is 0 Å². The van der Waals surface area contributed by atoms with Crippen molar-refractivity contribution in [1.82, 2.24) is 9.21 Å². The smallest absolute Gasteiger partial charge is 0.406 e. The molecule has 11 heteroatoms. The van der Waals surface area contributed by atoms with Gasteiger partial charge in [-0.05, 0) is 25.0 Å². The average molecular weight is 450 g/mol. The molecule has 7 nitrogen and oxygen atoms in total. The zero-order valence-corrected chi connectivity index (χ0v) is 17.6. The molecule has 1 amide bonds. The van der Waals surface area contributed by atoms with Crippen molar-refractivity contribution in [2.24, 2.45) is 5.92 Å². The Kier molecular flexibility index (Phi) is 7.75. The predicted octanol–water partition coefficient (Wildman–Crippen LogP) is 2.68. The molecule has 0 N–H and O–H groups in total. The van der Waals surface area contributed by atoms with Crippen LogP contribution in [0.3, 0.4) is 0 Å². The van der Waals surface area contributed by atoms with Crippen molar-refractivity contribution in [3.63, 3.8) is 0 Å². The number of halogens is 3. The van der Waals surface area contributed by atoms with Gasteiger partial charge in [-0.1, -0.05) is 6.08 Å². The van der Waals surface area contributed by atoms with Gasteiger partial charge in [0.05, 0.1) is 19.1 Å². The first-order chi connectivity index (χ1) is 14.0. The number of rotatable bonds is 8. The number of methoxy groups -OCH3 is 2. The molecule has 0 atom stereocenters. The fraction of sp³-hybridized carbons (Fsp3) is 0.526. The Hall–Kier alpha value is -2.27. The third-order valence-corrected chi connectivity index (χ3v) is 6.72. The summed E-state index contributed by atoms with van der Waals surface area (Å²) < 4.78 is 75.6. The van der Waals surface area contributed by atoms with E-state index >= 15 is 0 Å². The molecular formula is C19H25F3N2O5S. The maximum absolute atomic E-state index is 12.9. The van der Waals surface area contributed by atoms with Crippen LogP contribution in [-0.2, 0) is 14.8 Å². The van der Waals surface area contributed by atoms with Gasteiger partial charge in [0.2, 0.25) is 15.9 Å². The quantitative estimate of drug-likeness (QED) is 0.570. The summed E-state index contributed by atoms with van der Waals surface area (Å²) in [7, 11) is -1.03. The van der Waals surface area contributed by atoms with Crippen LogP contribution in [0.5, 0.6) is 11.5 Å². The van der Waals surface area contributed by atoms with Crippen LogP contribution in [0.2, 0.25) is 0 Å². The number of sulfonamides is 1. The lowest BCUT2D eigenvalue weighted by Crippen LogP contribution is -2.46. The molecule has 1 aromatic carbocycles. The third kappa shape index (κ3) is 5.66. The van der Waals surface area contributed by atoms with E-state index in [1.807, 2.05) is 0 Å². The molecule has 1 heterocycles. The molecule has 168 valence electrons. The topological polar surface area (TPSA) is 76.2 Å². The van der Waals surface area contributed by atoms with E-state index in [0.29, 0.717) is 10.6 Å². The van der Waals surface area contributed by atoms with Crippen LogP contribution >= 0.6 is 0 Å². The van der Waals surface area contributed by atoms with Gasteiger partial charge in [0.1, 0.15) is 6.54 Å². The van der Waals surface area contributed by atoms with Crippen LogP contribution in [0, 0.1) is 5.92 Å². The van der Waals surface area contributed by atoms with E-state index in [9.17, 15) is 26.4 Å². The normalized spacial score (nSPS) is 16.2. The number of benzene rings is 1. The van der Waals surface area contributed by atoms with E-state index in [1.54, 1.807) is 0 Å². The van der Waals surface area contributed by atoms with Crippen LogP contribution in [-0.4, -0.2) is 70.1 Å². The Labute approximate surface area is 174 Å². The number of ether oxygens (including phenoxy) is 2. The molecule has 0 saturated carbocycles. The molecule has 0 unspecified atom stereocenters. The van der Waals surface area contributed by atoms with Gasteiger partial charge >= 0.3 is 6.18 Å². The Bertz CT molecular complexity index is 865. The molecular weight excluding hydrogens is 425 g/mol. The lowest BCUT2D eigenvalue weighted by molar-refractivity contribution is -0.163. The number of amides is 1. The largest absolute Gasteiger partial charge is 0.493 e. The highest BCUT2D eigenvalue weighted by molar-refractivity contribution is 7.89. The lowest BCUT2D eigenvalue weighted by atomic mass is 9.96. The molecule has 2 rings (SSSR count). The number of hydrogen-bond donors (Lipinski definition) is 0. The SMILES string of the molecule is C=CCN(CC(F)(F)F)C(=O)C1CCN(S(=O)(=O)c2ccc(OC)c(OC)c2)CC1. The van der Waals surface area contributed by atoms with Gasteiger partial charge in [0, 0.05) is 31.6 Å². The summed E-state index contributed by atoms with van der Waals surface area (Å²) in [4.78, 5) is 13.2. The molecule has 0 radical (unpaired) electrons. The number of carbonyl (C=O) groups excluding carboxylic acids is 1. The molecule has 1 fully saturated rings. The van der Waals surface area contributed by atoms with E-state index in [2.05, 4.69) is 6.58 Å². The van der Waals surface area contributed by atoms with Crippen molar-refractivity contribution < 1.29 is 35.9 Å². The summed E-state index contributed by atoms with van der Waals surface area (Å²) in [5, 5.41) is 0. The molecule has 0 aliphatic carbocycles. The molecule has 0 aromatic heterocycles. The summed E-state index contributed by atoms with van der Waals surface area (Å²) >= 11 is 0. The molecule has 0 spiro atoms. The minimum absolute atomic E-state index is 0.00952. The zero-order valence-electron chi connectivity index (χ0n) is 16.8. The van der Waals surface area contributed by atoms with Gasteiger partial charge in [0.25, 0.3) is 0 Å². The number of nitrogens with zero attached hydrogens (tertiary/aromatic N) is 2. The maximum atomic E-state index is 12.9. The highest BCUT2D eigenvalue weighted by Crippen LogP contribution is 2.32. The number of alkyl halides is 3. The van der Waals surface area contributed by atoms with Crippen LogP contribution in [0.15, 0.2) is 35.7 Å². The molecule has 30 heavy (non-hydrogen) atoms. The third-order valence-electron chi connectivity index (χ3n) is 4.83. The van der Waals surface area contributed by atoms with Gasteiger partial charge in [0.15, 0.2) is 11.5 Å². The Morgan fingerprint density at radius 2 is 1.83 bits per heavy atom. The van der Waals surface area contributed by atoms with Gasteiger partial charge in [-0.2, -0.15) is 17.5 Å². The van der Waals surface area contributed by atoms with Crippen molar-refractivity contribution in [2.75, 3.05) is 40.4 Å². The Morgan fingerprint density at radius 3 is 2.33 bits per heavy atom. The second-order valence-corrected chi connectivity index (χ2v) is 8.76. The van der Waals surface area contributed by atoms with Crippen LogP contribution in [0.1, 0.15) is 12.8 Å². The minimum Gasteiger partial charge on any atom is -0.493 e.